The smallest absolute Gasteiger partial charge is 0.217 e. The van der Waals surface area contributed by atoms with E-state index in [2.05, 4.69) is 0 Å². The molecule has 1 unspecified atom stereocenters. The van der Waals surface area contributed by atoms with Crippen LogP contribution in [0.2, 0.25) is 0 Å². The van der Waals surface area contributed by atoms with Crippen molar-refractivity contribution >= 4 is 19.9 Å². The highest BCUT2D eigenvalue weighted by Crippen LogP contribution is 2.30. The minimum absolute atomic E-state index is 0.0218. The third kappa shape index (κ3) is 3.52. The summed E-state index contributed by atoms with van der Waals surface area (Å²) in [5.41, 5.74) is 0. The van der Waals surface area contributed by atoms with Crippen molar-refractivity contribution in [3.63, 3.8) is 0 Å². The molecule has 118 valence electrons. The van der Waals surface area contributed by atoms with Gasteiger partial charge in [0, 0.05) is 19.2 Å². The summed E-state index contributed by atoms with van der Waals surface area (Å²) in [6.07, 6.45) is 3.41. The molecule has 0 bridgehead atoms. The van der Waals surface area contributed by atoms with Crippen LogP contribution in [0.5, 0.6) is 0 Å². The molecule has 6 nitrogen and oxygen atoms in total. The highest BCUT2D eigenvalue weighted by molar-refractivity contribution is 7.92. The van der Waals surface area contributed by atoms with Crippen molar-refractivity contribution in [2.45, 2.75) is 49.8 Å². The molecule has 8 heteroatoms. The van der Waals surface area contributed by atoms with E-state index in [1.54, 1.807) is 4.31 Å². The van der Waals surface area contributed by atoms with E-state index in [1.165, 1.54) is 0 Å². The third-order valence-corrected chi connectivity index (χ3v) is 8.43. The summed E-state index contributed by atoms with van der Waals surface area (Å²) in [4.78, 5) is 0. The molecule has 0 aromatic rings. The lowest BCUT2D eigenvalue weighted by Crippen LogP contribution is -2.44. The largest absolute Gasteiger partial charge is 0.396 e. The molecule has 0 aliphatic carbocycles. The SMILES string of the molecule is O=S1(=O)CCC(S(=O)(=O)N2CCCC2CCCO)CC1. The maximum atomic E-state index is 12.6. The minimum atomic E-state index is -3.40. The molecule has 0 aromatic heterocycles. The van der Waals surface area contributed by atoms with E-state index < -0.39 is 25.1 Å². The van der Waals surface area contributed by atoms with Crippen LogP contribution < -0.4 is 0 Å². The molecule has 2 saturated heterocycles. The van der Waals surface area contributed by atoms with Gasteiger partial charge in [0.05, 0.1) is 16.8 Å². The molecule has 0 radical (unpaired) electrons. The Bertz CT molecular complexity index is 514. The van der Waals surface area contributed by atoms with Crippen molar-refractivity contribution in [1.82, 2.24) is 4.31 Å². The van der Waals surface area contributed by atoms with Crippen LogP contribution in [0.1, 0.15) is 38.5 Å². The van der Waals surface area contributed by atoms with Gasteiger partial charge in [-0.25, -0.2) is 16.8 Å². The molecular formula is C12H23NO5S2. The van der Waals surface area contributed by atoms with Crippen LogP contribution in [0.25, 0.3) is 0 Å². The van der Waals surface area contributed by atoms with Crippen molar-refractivity contribution in [2.75, 3.05) is 24.7 Å². The Morgan fingerprint density at radius 3 is 2.40 bits per heavy atom. The topological polar surface area (TPSA) is 91.8 Å². The third-order valence-electron chi connectivity index (χ3n) is 4.27. The Balaban J connectivity index is 2.06. The van der Waals surface area contributed by atoms with E-state index in [9.17, 15) is 16.8 Å². The summed E-state index contributed by atoms with van der Waals surface area (Å²) in [6.45, 7) is 0.605. The fourth-order valence-electron chi connectivity index (χ4n) is 3.12. The summed E-state index contributed by atoms with van der Waals surface area (Å²) in [7, 11) is -6.45. The second-order valence-electron chi connectivity index (χ2n) is 5.67. The van der Waals surface area contributed by atoms with Crippen LogP contribution >= 0.6 is 0 Å². The number of aliphatic hydroxyl groups is 1. The number of aliphatic hydroxyl groups excluding tert-OH is 1. The first kappa shape index (κ1) is 16.2. The average Bonchev–Trinajstić information content (AvgIpc) is 2.84. The van der Waals surface area contributed by atoms with E-state index in [0.717, 1.165) is 12.8 Å². The first-order chi connectivity index (χ1) is 9.37. The predicted octanol–water partition coefficient (Wildman–Crippen LogP) is 0.130. The van der Waals surface area contributed by atoms with E-state index in [4.69, 9.17) is 5.11 Å². The number of nitrogens with zero attached hydrogens (tertiary/aromatic N) is 1. The standard InChI is InChI=1S/C12H23NO5S2/c14-8-2-4-11-3-1-7-13(11)20(17,18)12-5-9-19(15,16)10-6-12/h11-12,14H,1-10H2. The van der Waals surface area contributed by atoms with Gasteiger partial charge >= 0.3 is 0 Å². The molecule has 2 aliphatic heterocycles. The van der Waals surface area contributed by atoms with Gasteiger partial charge in [-0.2, -0.15) is 4.31 Å². The highest BCUT2D eigenvalue weighted by atomic mass is 32.2. The molecule has 0 aromatic carbocycles. The molecule has 2 heterocycles. The number of sulfone groups is 1. The van der Waals surface area contributed by atoms with Crippen molar-refractivity contribution in [3.8, 4) is 0 Å². The number of sulfonamides is 1. The van der Waals surface area contributed by atoms with Crippen LogP contribution in [0.15, 0.2) is 0 Å². The minimum Gasteiger partial charge on any atom is -0.396 e. The molecule has 0 saturated carbocycles. The van der Waals surface area contributed by atoms with Crippen molar-refractivity contribution in [3.05, 3.63) is 0 Å². The number of hydrogen-bond donors (Lipinski definition) is 1. The van der Waals surface area contributed by atoms with Gasteiger partial charge in [-0.15, -0.1) is 0 Å². The van der Waals surface area contributed by atoms with Gasteiger partial charge in [0.2, 0.25) is 10.0 Å². The molecule has 0 spiro atoms. The van der Waals surface area contributed by atoms with Crippen LogP contribution in [-0.2, 0) is 19.9 Å². The Kier molecular flexibility index (Phi) is 5.09. The number of hydrogen-bond acceptors (Lipinski definition) is 5. The first-order valence-corrected chi connectivity index (χ1v) is 10.5. The van der Waals surface area contributed by atoms with Gasteiger partial charge in [0.15, 0.2) is 0 Å². The normalized spacial score (nSPS) is 28.8. The fraction of sp³-hybridized carbons (Fsp3) is 1.00. The molecule has 1 N–H and O–H groups in total. The van der Waals surface area contributed by atoms with Crippen molar-refractivity contribution in [1.29, 1.82) is 0 Å². The number of rotatable bonds is 5. The maximum absolute atomic E-state index is 12.6. The van der Waals surface area contributed by atoms with E-state index in [1.807, 2.05) is 0 Å². The van der Waals surface area contributed by atoms with Gasteiger partial charge in [0.1, 0.15) is 9.84 Å². The van der Waals surface area contributed by atoms with Gasteiger partial charge in [-0.3, -0.25) is 0 Å². The Morgan fingerprint density at radius 1 is 1.15 bits per heavy atom. The molecule has 1 atom stereocenters. The average molecular weight is 325 g/mol. The van der Waals surface area contributed by atoms with E-state index >= 15 is 0 Å². The van der Waals surface area contributed by atoms with Crippen molar-refractivity contribution < 1.29 is 21.9 Å². The lowest BCUT2D eigenvalue weighted by Gasteiger charge is -2.30. The van der Waals surface area contributed by atoms with Gasteiger partial charge in [-0.1, -0.05) is 0 Å². The summed E-state index contributed by atoms with van der Waals surface area (Å²) in [5, 5.41) is 8.33. The summed E-state index contributed by atoms with van der Waals surface area (Å²) >= 11 is 0. The molecule has 2 fully saturated rings. The zero-order valence-corrected chi connectivity index (χ0v) is 13.2. The summed E-state index contributed by atoms with van der Waals surface area (Å²) in [6, 6.07) is -0.0225. The Hall–Kier alpha value is -0.180. The first-order valence-electron chi connectivity index (χ1n) is 7.19. The monoisotopic (exact) mass is 325 g/mol. The van der Waals surface area contributed by atoms with Gasteiger partial charge in [-0.05, 0) is 38.5 Å². The van der Waals surface area contributed by atoms with E-state index in [0.29, 0.717) is 19.4 Å². The van der Waals surface area contributed by atoms with Crippen LogP contribution in [0, 0.1) is 0 Å². The Labute approximate surface area is 121 Å². The molecule has 2 rings (SSSR count). The second kappa shape index (κ2) is 6.29. The van der Waals surface area contributed by atoms with Crippen LogP contribution in [0.3, 0.4) is 0 Å². The highest BCUT2D eigenvalue weighted by Gasteiger charge is 2.41. The second-order valence-corrected chi connectivity index (χ2v) is 10.1. The van der Waals surface area contributed by atoms with Crippen molar-refractivity contribution in [2.24, 2.45) is 0 Å². The maximum Gasteiger partial charge on any atom is 0.217 e. The quantitative estimate of drug-likeness (QED) is 0.776. The zero-order chi connectivity index (χ0) is 14.8. The van der Waals surface area contributed by atoms with Gasteiger partial charge in [0.25, 0.3) is 0 Å². The summed E-state index contributed by atoms with van der Waals surface area (Å²) in [5.74, 6) is -0.0436. The zero-order valence-electron chi connectivity index (χ0n) is 11.6. The molecule has 2 aliphatic rings. The van der Waals surface area contributed by atoms with Gasteiger partial charge < -0.3 is 5.11 Å². The fourth-order valence-corrected chi connectivity index (χ4v) is 7.13. The molecule has 20 heavy (non-hydrogen) atoms. The predicted molar refractivity (Wildman–Crippen MR) is 76.6 cm³/mol. The van der Waals surface area contributed by atoms with Crippen LogP contribution in [-0.4, -0.2) is 62.2 Å². The Morgan fingerprint density at radius 2 is 1.80 bits per heavy atom. The van der Waals surface area contributed by atoms with Crippen LogP contribution in [0.4, 0.5) is 0 Å². The lowest BCUT2D eigenvalue weighted by atomic mass is 10.1. The molecular weight excluding hydrogens is 302 g/mol. The lowest BCUT2D eigenvalue weighted by molar-refractivity contribution is 0.263. The molecule has 0 amide bonds. The summed E-state index contributed by atoms with van der Waals surface area (Å²) < 4.78 is 49.7. The van der Waals surface area contributed by atoms with E-state index in [-0.39, 0.29) is 37.0 Å².